The van der Waals surface area contributed by atoms with Crippen molar-refractivity contribution in [3.8, 4) is 0 Å². The molecule has 100 valence electrons. The lowest BCUT2D eigenvalue weighted by Gasteiger charge is -2.08. The number of aromatic nitrogens is 2. The van der Waals surface area contributed by atoms with Crippen LogP contribution in [0.25, 0.3) is 0 Å². The molecule has 5 heteroatoms. The quantitative estimate of drug-likeness (QED) is 0.944. The smallest absolute Gasteiger partial charge is 0.230 e. The first-order valence-electron chi connectivity index (χ1n) is 6.01. The number of halogens is 1. The minimum absolute atomic E-state index is 0.0486. The van der Waals surface area contributed by atoms with Crippen LogP contribution in [0.1, 0.15) is 17.0 Å². The fourth-order valence-corrected chi connectivity index (χ4v) is 2.50. The highest BCUT2D eigenvalue weighted by Crippen LogP contribution is 2.23. The highest BCUT2D eigenvalue weighted by Gasteiger charge is 2.10. The van der Waals surface area contributed by atoms with Gasteiger partial charge in [-0.1, -0.05) is 6.07 Å². The Morgan fingerprint density at radius 2 is 2.11 bits per heavy atom. The average Bonchev–Trinajstić information content (AvgIpc) is 2.61. The number of rotatable bonds is 3. The molecule has 0 atom stereocenters. The largest absolute Gasteiger partial charge is 0.325 e. The summed E-state index contributed by atoms with van der Waals surface area (Å²) in [5.41, 5.74) is 3.75. The third-order valence-corrected chi connectivity index (χ3v) is 3.50. The lowest BCUT2D eigenvalue weighted by atomic mass is 10.2. The van der Waals surface area contributed by atoms with E-state index >= 15 is 0 Å². The molecule has 0 unspecified atom stereocenters. The fraction of sp³-hybridized carbons (Fsp3) is 0.286. The van der Waals surface area contributed by atoms with Gasteiger partial charge in [-0.15, -0.1) is 0 Å². The Hall–Kier alpha value is -1.62. The van der Waals surface area contributed by atoms with Gasteiger partial charge in [0.05, 0.1) is 17.8 Å². The Bertz CT molecular complexity index is 619. The highest BCUT2D eigenvalue weighted by atomic mass is 79.9. The van der Waals surface area contributed by atoms with Crippen molar-refractivity contribution in [1.82, 2.24) is 9.78 Å². The van der Waals surface area contributed by atoms with E-state index in [0.29, 0.717) is 6.42 Å². The third-order valence-electron chi connectivity index (χ3n) is 2.84. The molecule has 0 aliphatic carbocycles. The van der Waals surface area contributed by atoms with Crippen molar-refractivity contribution >= 4 is 27.5 Å². The molecule has 0 aliphatic heterocycles. The number of aryl methyl sites for hydroxylation is 3. The molecule has 19 heavy (non-hydrogen) atoms. The summed E-state index contributed by atoms with van der Waals surface area (Å²) in [4.78, 5) is 12.0. The Balaban J connectivity index is 2.07. The van der Waals surface area contributed by atoms with Gasteiger partial charge in [0.25, 0.3) is 0 Å². The number of carbonyl (C=O) groups is 1. The molecule has 0 fully saturated rings. The van der Waals surface area contributed by atoms with E-state index < -0.39 is 0 Å². The number of hydrogen-bond donors (Lipinski definition) is 1. The Kier molecular flexibility index (Phi) is 4.04. The third kappa shape index (κ3) is 3.44. The zero-order valence-electron chi connectivity index (χ0n) is 11.2. The van der Waals surface area contributed by atoms with Gasteiger partial charge < -0.3 is 5.32 Å². The Labute approximate surface area is 120 Å². The number of anilines is 1. The number of hydrogen-bond acceptors (Lipinski definition) is 2. The van der Waals surface area contributed by atoms with E-state index in [1.165, 1.54) is 0 Å². The molecule has 0 bridgehead atoms. The van der Waals surface area contributed by atoms with Gasteiger partial charge in [-0.05, 0) is 53.5 Å². The summed E-state index contributed by atoms with van der Waals surface area (Å²) >= 11 is 3.45. The molecule has 2 rings (SSSR count). The van der Waals surface area contributed by atoms with Crippen molar-refractivity contribution in [3.63, 3.8) is 0 Å². The Morgan fingerprint density at radius 1 is 1.37 bits per heavy atom. The molecule has 1 aromatic heterocycles. The second-order valence-electron chi connectivity index (χ2n) is 4.61. The molecule has 0 spiro atoms. The predicted molar refractivity (Wildman–Crippen MR) is 79.2 cm³/mol. The van der Waals surface area contributed by atoms with Crippen molar-refractivity contribution in [3.05, 3.63) is 45.7 Å². The molecule has 4 nitrogen and oxygen atoms in total. The molecular weight excluding hydrogens is 306 g/mol. The maximum absolute atomic E-state index is 12.0. The number of nitrogens with one attached hydrogen (secondary N) is 1. The topological polar surface area (TPSA) is 46.9 Å². The molecule has 2 aromatic rings. The summed E-state index contributed by atoms with van der Waals surface area (Å²) in [5, 5.41) is 7.12. The van der Waals surface area contributed by atoms with E-state index in [-0.39, 0.29) is 5.91 Å². The lowest BCUT2D eigenvalue weighted by Crippen LogP contribution is -2.16. The maximum Gasteiger partial charge on any atom is 0.230 e. The fourth-order valence-electron chi connectivity index (χ4n) is 1.91. The Morgan fingerprint density at radius 3 is 2.68 bits per heavy atom. The van der Waals surface area contributed by atoms with E-state index in [4.69, 9.17) is 0 Å². The van der Waals surface area contributed by atoms with Crippen LogP contribution in [0.2, 0.25) is 0 Å². The van der Waals surface area contributed by atoms with Crippen LogP contribution in [-0.2, 0) is 18.3 Å². The first-order chi connectivity index (χ1) is 8.95. The summed E-state index contributed by atoms with van der Waals surface area (Å²) in [6, 6.07) is 7.76. The molecule has 1 heterocycles. The maximum atomic E-state index is 12.0. The van der Waals surface area contributed by atoms with E-state index in [1.807, 2.05) is 45.2 Å². The van der Waals surface area contributed by atoms with Crippen LogP contribution in [0.3, 0.4) is 0 Å². The standard InChI is InChI=1S/C14H16BrN3O/c1-9-4-5-13(12(15)6-9)16-14(19)8-11-7-10(2)17-18(11)3/h4-7H,8H2,1-3H3,(H,16,19). The molecule has 1 N–H and O–H groups in total. The summed E-state index contributed by atoms with van der Waals surface area (Å²) < 4.78 is 2.63. The predicted octanol–water partition coefficient (Wildman–Crippen LogP) is 2.98. The van der Waals surface area contributed by atoms with Crippen molar-refractivity contribution in [1.29, 1.82) is 0 Å². The molecule has 0 saturated carbocycles. The molecule has 1 aromatic carbocycles. The molecular formula is C14H16BrN3O. The van der Waals surface area contributed by atoms with E-state index in [0.717, 1.165) is 27.1 Å². The van der Waals surface area contributed by atoms with Crippen LogP contribution in [0.5, 0.6) is 0 Å². The first kappa shape index (κ1) is 13.8. The average molecular weight is 322 g/mol. The van der Waals surface area contributed by atoms with Crippen LogP contribution in [0.4, 0.5) is 5.69 Å². The lowest BCUT2D eigenvalue weighted by molar-refractivity contribution is -0.115. The summed E-state index contributed by atoms with van der Waals surface area (Å²) in [5.74, 6) is -0.0486. The van der Waals surface area contributed by atoms with Crippen LogP contribution < -0.4 is 5.32 Å². The van der Waals surface area contributed by atoms with Crippen molar-refractivity contribution in [2.45, 2.75) is 20.3 Å². The van der Waals surface area contributed by atoms with E-state index in [9.17, 15) is 4.79 Å². The molecule has 1 amide bonds. The van der Waals surface area contributed by atoms with Crippen LogP contribution in [0, 0.1) is 13.8 Å². The van der Waals surface area contributed by atoms with Crippen LogP contribution in [-0.4, -0.2) is 15.7 Å². The van der Waals surface area contributed by atoms with Gasteiger partial charge in [-0.25, -0.2) is 0 Å². The van der Waals surface area contributed by atoms with Crippen LogP contribution in [0.15, 0.2) is 28.7 Å². The highest BCUT2D eigenvalue weighted by molar-refractivity contribution is 9.10. The molecule has 0 radical (unpaired) electrons. The van der Waals surface area contributed by atoms with Gasteiger partial charge >= 0.3 is 0 Å². The van der Waals surface area contributed by atoms with Crippen molar-refractivity contribution in [2.75, 3.05) is 5.32 Å². The molecule has 0 saturated heterocycles. The second kappa shape index (κ2) is 5.57. The summed E-state index contributed by atoms with van der Waals surface area (Å²) in [6.07, 6.45) is 0.317. The van der Waals surface area contributed by atoms with Crippen molar-refractivity contribution in [2.24, 2.45) is 7.05 Å². The number of amides is 1. The van der Waals surface area contributed by atoms with Gasteiger partial charge in [-0.3, -0.25) is 9.48 Å². The van der Waals surface area contributed by atoms with Crippen LogP contribution >= 0.6 is 15.9 Å². The SMILES string of the molecule is Cc1ccc(NC(=O)Cc2cc(C)nn2C)c(Br)c1. The summed E-state index contributed by atoms with van der Waals surface area (Å²) in [7, 11) is 1.84. The second-order valence-corrected chi connectivity index (χ2v) is 5.46. The monoisotopic (exact) mass is 321 g/mol. The van der Waals surface area contributed by atoms with Gasteiger partial charge in [0, 0.05) is 17.2 Å². The minimum atomic E-state index is -0.0486. The molecule has 0 aliphatic rings. The number of benzene rings is 1. The van der Waals surface area contributed by atoms with Crippen molar-refractivity contribution < 1.29 is 4.79 Å². The minimum Gasteiger partial charge on any atom is -0.325 e. The zero-order chi connectivity index (χ0) is 14.0. The summed E-state index contributed by atoms with van der Waals surface area (Å²) in [6.45, 7) is 3.92. The van der Waals surface area contributed by atoms with Gasteiger partial charge in [-0.2, -0.15) is 5.10 Å². The van der Waals surface area contributed by atoms with Gasteiger partial charge in [0.2, 0.25) is 5.91 Å². The normalized spacial score (nSPS) is 10.5. The zero-order valence-corrected chi connectivity index (χ0v) is 12.8. The van der Waals surface area contributed by atoms with E-state index in [1.54, 1.807) is 4.68 Å². The first-order valence-corrected chi connectivity index (χ1v) is 6.80. The number of nitrogens with zero attached hydrogens (tertiary/aromatic N) is 2. The van der Waals surface area contributed by atoms with E-state index in [2.05, 4.69) is 26.3 Å². The number of carbonyl (C=O) groups excluding carboxylic acids is 1. The van der Waals surface area contributed by atoms with Gasteiger partial charge in [0.15, 0.2) is 0 Å². The van der Waals surface area contributed by atoms with Gasteiger partial charge in [0.1, 0.15) is 0 Å².